The monoisotopic (exact) mass is 345 g/mol. The zero-order chi connectivity index (χ0) is 16.9. The molecule has 1 fully saturated rings. The topological polar surface area (TPSA) is 36.4 Å². The Balaban J connectivity index is 1.45. The van der Waals surface area contributed by atoms with Crippen LogP contribution in [0.25, 0.3) is 10.2 Å². The summed E-state index contributed by atoms with van der Waals surface area (Å²) < 4.78 is 1.23. The van der Waals surface area contributed by atoms with E-state index in [0.29, 0.717) is 12.5 Å². The van der Waals surface area contributed by atoms with Crippen LogP contribution in [-0.4, -0.2) is 53.4 Å². The molecule has 24 heavy (non-hydrogen) atoms. The second-order valence-electron chi connectivity index (χ2n) is 6.60. The minimum atomic E-state index is 0.283. The Bertz CT molecular complexity index is 643. The van der Waals surface area contributed by atoms with Gasteiger partial charge in [-0.25, -0.2) is 4.98 Å². The molecule has 0 atom stereocenters. The van der Waals surface area contributed by atoms with Crippen LogP contribution < -0.4 is 0 Å². The summed E-state index contributed by atoms with van der Waals surface area (Å²) >= 11 is 1.75. The van der Waals surface area contributed by atoms with Crippen molar-refractivity contribution >= 4 is 27.5 Å². The molecular formula is C19H27N3OS. The predicted octanol–water partition coefficient (Wildman–Crippen LogP) is 3.56. The Hall–Kier alpha value is -1.46. The second-order valence-corrected chi connectivity index (χ2v) is 7.71. The van der Waals surface area contributed by atoms with E-state index in [4.69, 9.17) is 0 Å². The number of hydrogen-bond acceptors (Lipinski definition) is 4. The maximum absolute atomic E-state index is 12.5. The van der Waals surface area contributed by atoms with Crippen LogP contribution in [0.3, 0.4) is 0 Å². The highest BCUT2D eigenvalue weighted by Crippen LogP contribution is 2.23. The summed E-state index contributed by atoms with van der Waals surface area (Å²) in [6, 6.07) is 8.65. The minimum absolute atomic E-state index is 0.283. The molecule has 0 aliphatic carbocycles. The van der Waals surface area contributed by atoms with E-state index in [1.54, 1.807) is 11.3 Å². The smallest absolute Gasteiger partial charge is 0.222 e. The van der Waals surface area contributed by atoms with Crippen LogP contribution in [-0.2, 0) is 11.2 Å². The number of carbonyl (C=O) groups is 1. The number of aromatic nitrogens is 1. The van der Waals surface area contributed by atoms with Crippen molar-refractivity contribution in [3.05, 3.63) is 29.3 Å². The number of amides is 1. The first-order chi connectivity index (χ1) is 11.7. The van der Waals surface area contributed by atoms with Gasteiger partial charge in [0.15, 0.2) is 0 Å². The number of benzene rings is 1. The number of likely N-dealkylation sites (tertiary alicyclic amines) is 1. The standard InChI is InChI=1S/C19H27N3OS/c1-3-22-13-11-15(12-14-22)21(2)19(23)10-6-9-18-20-16-7-4-5-8-17(16)24-18/h4-5,7-8,15H,3,6,9-14H2,1-2H3. The van der Waals surface area contributed by atoms with E-state index in [0.717, 1.165) is 55.8 Å². The second kappa shape index (κ2) is 8.08. The summed E-state index contributed by atoms with van der Waals surface area (Å²) in [5.41, 5.74) is 1.07. The number of nitrogens with zero attached hydrogens (tertiary/aromatic N) is 3. The predicted molar refractivity (Wildman–Crippen MR) is 100 cm³/mol. The van der Waals surface area contributed by atoms with Gasteiger partial charge in [0, 0.05) is 32.6 Å². The molecule has 0 unspecified atom stereocenters. The SMILES string of the molecule is CCN1CCC(N(C)C(=O)CCCc2nc3ccccc3s2)CC1. The van der Waals surface area contributed by atoms with Crippen LogP contribution in [0.2, 0.25) is 0 Å². The van der Waals surface area contributed by atoms with Gasteiger partial charge in [0.1, 0.15) is 0 Å². The van der Waals surface area contributed by atoms with E-state index in [2.05, 4.69) is 28.9 Å². The normalized spacial score (nSPS) is 16.6. The lowest BCUT2D eigenvalue weighted by molar-refractivity contribution is -0.132. The van der Waals surface area contributed by atoms with Crippen LogP contribution in [0.15, 0.2) is 24.3 Å². The summed E-state index contributed by atoms with van der Waals surface area (Å²) in [6.07, 6.45) is 4.62. The maximum Gasteiger partial charge on any atom is 0.222 e. The minimum Gasteiger partial charge on any atom is -0.343 e. The van der Waals surface area contributed by atoms with Crippen LogP contribution in [0.1, 0.15) is 37.6 Å². The van der Waals surface area contributed by atoms with Crippen molar-refractivity contribution in [1.29, 1.82) is 0 Å². The number of rotatable bonds is 6. The van der Waals surface area contributed by atoms with Gasteiger partial charge in [-0.2, -0.15) is 0 Å². The van der Waals surface area contributed by atoms with Gasteiger partial charge in [0.05, 0.1) is 15.2 Å². The third kappa shape index (κ3) is 4.14. The highest BCUT2D eigenvalue weighted by Gasteiger charge is 2.24. The van der Waals surface area contributed by atoms with E-state index >= 15 is 0 Å². The molecule has 2 aromatic rings. The summed E-state index contributed by atoms with van der Waals surface area (Å²) in [7, 11) is 1.98. The third-order valence-electron chi connectivity index (χ3n) is 5.06. The molecule has 1 aliphatic rings. The molecule has 5 heteroatoms. The Kier molecular flexibility index (Phi) is 5.85. The number of piperidine rings is 1. The molecule has 130 valence electrons. The van der Waals surface area contributed by atoms with Gasteiger partial charge in [0.2, 0.25) is 5.91 Å². The Morgan fingerprint density at radius 1 is 1.33 bits per heavy atom. The number of carbonyl (C=O) groups excluding carboxylic acids is 1. The zero-order valence-corrected chi connectivity index (χ0v) is 15.5. The molecule has 1 saturated heterocycles. The molecule has 2 heterocycles. The molecule has 0 N–H and O–H groups in total. The van der Waals surface area contributed by atoms with Crippen molar-refractivity contribution in [1.82, 2.24) is 14.8 Å². The number of thiazole rings is 1. The first-order valence-corrected chi connectivity index (χ1v) is 9.81. The van der Waals surface area contributed by atoms with E-state index in [-0.39, 0.29) is 5.91 Å². The fourth-order valence-electron chi connectivity index (χ4n) is 3.42. The zero-order valence-electron chi connectivity index (χ0n) is 14.7. The third-order valence-corrected chi connectivity index (χ3v) is 6.16. The molecule has 0 spiro atoms. The van der Waals surface area contributed by atoms with Crippen molar-refractivity contribution in [3.8, 4) is 0 Å². The summed E-state index contributed by atoms with van der Waals surface area (Å²) in [6.45, 7) is 5.55. The average Bonchev–Trinajstić information content (AvgIpc) is 3.03. The number of hydrogen-bond donors (Lipinski definition) is 0. The molecule has 1 amide bonds. The van der Waals surface area contributed by atoms with Gasteiger partial charge in [-0.15, -0.1) is 11.3 Å². The van der Waals surface area contributed by atoms with Crippen LogP contribution in [0, 0.1) is 0 Å². The van der Waals surface area contributed by atoms with Gasteiger partial charge in [0.25, 0.3) is 0 Å². The van der Waals surface area contributed by atoms with Crippen molar-refractivity contribution in [2.45, 2.75) is 45.1 Å². The van der Waals surface area contributed by atoms with Gasteiger partial charge in [-0.05, 0) is 44.4 Å². The fourth-order valence-corrected chi connectivity index (χ4v) is 4.43. The fraction of sp³-hybridized carbons (Fsp3) is 0.579. The van der Waals surface area contributed by atoms with Crippen molar-refractivity contribution in [2.75, 3.05) is 26.7 Å². The molecule has 1 aromatic carbocycles. The van der Waals surface area contributed by atoms with Crippen molar-refractivity contribution < 1.29 is 4.79 Å². The summed E-state index contributed by atoms with van der Waals surface area (Å²) in [5, 5.41) is 1.14. The lowest BCUT2D eigenvalue weighted by atomic mass is 10.0. The Morgan fingerprint density at radius 2 is 2.08 bits per heavy atom. The van der Waals surface area contributed by atoms with Gasteiger partial charge in [-0.3, -0.25) is 4.79 Å². The van der Waals surface area contributed by atoms with Gasteiger partial charge >= 0.3 is 0 Å². The number of para-hydroxylation sites is 1. The molecule has 0 bridgehead atoms. The molecule has 1 aromatic heterocycles. The summed E-state index contributed by atoms with van der Waals surface area (Å²) in [4.78, 5) is 21.6. The van der Waals surface area contributed by atoms with E-state index in [1.807, 2.05) is 24.1 Å². The molecule has 4 nitrogen and oxygen atoms in total. The molecular weight excluding hydrogens is 318 g/mol. The Labute approximate surface area is 148 Å². The first kappa shape index (κ1) is 17.4. The van der Waals surface area contributed by atoms with E-state index in [1.165, 1.54) is 4.70 Å². The van der Waals surface area contributed by atoms with E-state index < -0.39 is 0 Å². The number of aryl methyl sites for hydroxylation is 1. The molecule has 0 radical (unpaired) electrons. The van der Waals surface area contributed by atoms with Gasteiger partial charge < -0.3 is 9.80 Å². The van der Waals surface area contributed by atoms with E-state index in [9.17, 15) is 4.79 Å². The average molecular weight is 346 g/mol. The Morgan fingerprint density at radius 3 is 2.79 bits per heavy atom. The lowest BCUT2D eigenvalue weighted by Gasteiger charge is -2.36. The first-order valence-electron chi connectivity index (χ1n) is 9.00. The highest BCUT2D eigenvalue weighted by molar-refractivity contribution is 7.18. The maximum atomic E-state index is 12.5. The molecule has 1 aliphatic heterocycles. The number of fused-ring (bicyclic) bond motifs is 1. The van der Waals surface area contributed by atoms with Gasteiger partial charge in [-0.1, -0.05) is 19.1 Å². The largest absolute Gasteiger partial charge is 0.343 e. The van der Waals surface area contributed by atoms with Crippen molar-refractivity contribution in [2.24, 2.45) is 0 Å². The highest BCUT2D eigenvalue weighted by atomic mass is 32.1. The molecule has 3 rings (SSSR count). The van der Waals surface area contributed by atoms with Crippen LogP contribution in [0.5, 0.6) is 0 Å². The van der Waals surface area contributed by atoms with Crippen molar-refractivity contribution in [3.63, 3.8) is 0 Å². The van der Waals surface area contributed by atoms with Crippen LogP contribution in [0.4, 0.5) is 0 Å². The molecule has 0 saturated carbocycles. The lowest BCUT2D eigenvalue weighted by Crippen LogP contribution is -2.45. The van der Waals surface area contributed by atoms with Crippen LogP contribution >= 0.6 is 11.3 Å². The summed E-state index contributed by atoms with van der Waals surface area (Å²) in [5.74, 6) is 0.283. The quantitative estimate of drug-likeness (QED) is 0.803.